The third kappa shape index (κ3) is 2.26. The van der Waals surface area contributed by atoms with E-state index in [1.54, 1.807) is 0 Å². The van der Waals surface area contributed by atoms with Crippen LogP contribution in [0.5, 0.6) is 0 Å². The molecule has 0 spiro atoms. The predicted octanol–water partition coefficient (Wildman–Crippen LogP) is 2.53. The molecule has 1 saturated carbocycles. The van der Waals surface area contributed by atoms with Crippen LogP contribution in [0.2, 0.25) is 0 Å². The molecule has 0 radical (unpaired) electrons. The van der Waals surface area contributed by atoms with Gasteiger partial charge in [0.15, 0.2) is 0 Å². The van der Waals surface area contributed by atoms with Crippen LogP contribution in [0.15, 0.2) is 24.3 Å². The van der Waals surface area contributed by atoms with Gasteiger partial charge >= 0.3 is 0 Å². The van der Waals surface area contributed by atoms with Crippen LogP contribution in [0, 0.1) is 0 Å². The first-order valence-corrected chi connectivity index (χ1v) is 5.35. The number of aliphatic hydroxyl groups excluding tert-OH is 1. The van der Waals surface area contributed by atoms with Crippen molar-refractivity contribution in [3.05, 3.63) is 29.8 Å². The summed E-state index contributed by atoms with van der Waals surface area (Å²) in [6.07, 6.45) is 5.29. The van der Waals surface area contributed by atoms with Crippen LogP contribution in [0.4, 0.5) is 5.69 Å². The fourth-order valence-corrected chi connectivity index (χ4v) is 2.01. The number of anilines is 1. The maximum atomic E-state index is 8.89. The van der Waals surface area contributed by atoms with Crippen LogP contribution in [-0.2, 0) is 6.61 Å². The molecule has 0 amide bonds. The Hall–Kier alpha value is -1.02. The minimum atomic E-state index is 0.129. The van der Waals surface area contributed by atoms with Crippen molar-refractivity contribution in [2.45, 2.75) is 38.3 Å². The Morgan fingerprint density at radius 1 is 1.14 bits per heavy atom. The fourth-order valence-electron chi connectivity index (χ4n) is 2.01. The molecule has 14 heavy (non-hydrogen) atoms. The van der Waals surface area contributed by atoms with E-state index in [9.17, 15) is 0 Å². The zero-order valence-corrected chi connectivity index (χ0v) is 8.37. The van der Waals surface area contributed by atoms with Crippen molar-refractivity contribution in [1.29, 1.82) is 0 Å². The van der Waals surface area contributed by atoms with Crippen LogP contribution in [-0.4, -0.2) is 11.1 Å². The second kappa shape index (κ2) is 4.47. The van der Waals surface area contributed by atoms with Gasteiger partial charge in [0.05, 0.1) is 6.61 Å². The summed E-state index contributed by atoms with van der Waals surface area (Å²) in [5.74, 6) is 0. The zero-order valence-electron chi connectivity index (χ0n) is 8.37. The summed E-state index contributed by atoms with van der Waals surface area (Å²) in [6, 6.07) is 8.69. The largest absolute Gasteiger partial charge is 0.392 e. The van der Waals surface area contributed by atoms with Gasteiger partial charge in [0.2, 0.25) is 0 Å². The summed E-state index contributed by atoms with van der Waals surface area (Å²) in [7, 11) is 0. The molecule has 1 aromatic rings. The van der Waals surface area contributed by atoms with Gasteiger partial charge in [0.25, 0.3) is 0 Å². The molecule has 0 unspecified atom stereocenters. The molecule has 1 aliphatic rings. The van der Waals surface area contributed by atoms with Crippen molar-refractivity contribution in [2.75, 3.05) is 5.32 Å². The molecule has 76 valence electrons. The van der Waals surface area contributed by atoms with Crippen molar-refractivity contribution in [3.8, 4) is 0 Å². The molecule has 2 nitrogen and oxygen atoms in total. The van der Waals surface area contributed by atoms with E-state index in [-0.39, 0.29) is 6.61 Å². The van der Waals surface area contributed by atoms with E-state index in [1.807, 2.05) is 24.3 Å². The fraction of sp³-hybridized carbons (Fsp3) is 0.500. The van der Waals surface area contributed by atoms with Gasteiger partial charge < -0.3 is 10.4 Å². The molecular formula is C12H17NO. The van der Waals surface area contributed by atoms with Gasteiger partial charge in [-0.1, -0.05) is 25.0 Å². The lowest BCUT2D eigenvalue weighted by molar-refractivity contribution is 0.282. The van der Waals surface area contributed by atoms with Gasteiger partial charge in [0, 0.05) is 11.7 Å². The van der Waals surface area contributed by atoms with Gasteiger partial charge in [-0.2, -0.15) is 0 Å². The second-order valence-electron chi connectivity index (χ2n) is 3.98. The van der Waals surface area contributed by atoms with Crippen LogP contribution < -0.4 is 5.32 Å². The average molecular weight is 191 g/mol. The molecule has 1 fully saturated rings. The molecular weight excluding hydrogens is 174 g/mol. The maximum absolute atomic E-state index is 8.89. The topological polar surface area (TPSA) is 32.3 Å². The van der Waals surface area contributed by atoms with E-state index in [0.717, 1.165) is 5.56 Å². The van der Waals surface area contributed by atoms with Crippen LogP contribution in [0.1, 0.15) is 31.2 Å². The van der Waals surface area contributed by atoms with E-state index >= 15 is 0 Å². The Morgan fingerprint density at radius 3 is 2.36 bits per heavy atom. The second-order valence-corrected chi connectivity index (χ2v) is 3.98. The van der Waals surface area contributed by atoms with Crippen molar-refractivity contribution < 1.29 is 5.11 Å². The van der Waals surface area contributed by atoms with Crippen molar-refractivity contribution >= 4 is 5.69 Å². The van der Waals surface area contributed by atoms with E-state index < -0.39 is 0 Å². The molecule has 2 heteroatoms. The highest BCUT2D eigenvalue weighted by Crippen LogP contribution is 2.22. The standard InChI is InChI=1S/C12H17NO/c14-9-10-5-7-12(8-6-10)13-11-3-1-2-4-11/h5-8,11,13-14H,1-4,9H2. The molecule has 1 aliphatic carbocycles. The minimum absolute atomic E-state index is 0.129. The Morgan fingerprint density at radius 2 is 1.79 bits per heavy atom. The zero-order chi connectivity index (χ0) is 9.80. The average Bonchev–Trinajstić information content (AvgIpc) is 2.72. The molecule has 0 aromatic heterocycles. The number of aliphatic hydroxyl groups is 1. The van der Waals surface area contributed by atoms with Gasteiger partial charge in [-0.15, -0.1) is 0 Å². The summed E-state index contributed by atoms with van der Waals surface area (Å²) in [4.78, 5) is 0. The molecule has 1 aromatic carbocycles. The first kappa shape index (κ1) is 9.53. The lowest BCUT2D eigenvalue weighted by Gasteiger charge is -2.13. The van der Waals surface area contributed by atoms with Crippen molar-refractivity contribution in [2.24, 2.45) is 0 Å². The Kier molecular flexibility index (Phi) is 3.04. The first-order valence-electron chi connectivity index (χ1n) is 5.35. The van der Waals surface area contributed by atoms with Crippen molar-refractivity contribution in [3.63, 3.8) is 0 Å². The summed E-state index contributed by atoms with van der Waals surface area (Å²) in [5, 5.41) is 12.4. The van der Waals surface area contributed by atoms with E-state index in [2.05, 4.69) is 5.32 Å². The normalized spacial score (nSPS) is 17.2. The molecule has 0 aliphatic heterocycles. The van der Waals surface area contributed by atoms with Crippen LogP contribution in [0.3, 0.4) is 0 Å². The van der Waals surface area contributed by atoms with E-state index in [1.165, 1.54) is 31.4 Å². The number of rotatable bonds is 3. The van der Waals surface area contributed by atoms with Gasteiger partial charge in [-0.25, -0.2) is 0 Å². The Balaban J connectivity index is 1.95. The van der Waals surface area contributed by atoms with Gasteiger partial charge in [-0.3, -0.25) is 0 Å². The predicted molar refractivity (Wildman–Crippen MR) is 58.2 cm³/mol. The smallest absolute Gasteiger partial charge is 0.0681 e. The minimum Gasteiger partial charge on any atom is -0.392 e. The Labute approximate surface area is 85.0 Å². The summed E-state index contributed by atoms with van der Waals surface area (Å²) in [6.45, 7) is 0.129. The van der Waals surface area contributed by atoms with Crippen molar-refractivity contribution in [1.82, 2.24) is 0 Å². The summed E-state index contributed by atoms with van der Waals surface area (Å²) in [5.41, 5.74) is 2.15. The highest BCUT2D eigenvalue weighted by molar-refractivity contribution is 5.45. The highest BCUT2D eigenvalue weighted by atomic mass is 16.3. The third-order valence-electron chi connectivity index (χ3n) is 2.86. The summed E-state index contributed by atoms with van der Waals surface area (Å²) < 4.78 is 0. The molecule has 2 rings (SSSR count). The van der Waals surface area contributed by atoms with E-state index in [4.69, 9.17) is 5.11 Å². The molecule has 0 heterocycles. The third-order valence-corrected chi connectivity index (χ3v) is 2.86. The SMILES string of the molecule is OCc1ccc(NC2CCCC2)cc1. The van der Waals surface area contributed by atoms with Gasteiger partial charge in [-0.05, 0) is 30.5 Å². The molecule has 0 saturated heterocycles. The lowest BCUT2D eigenvalue weighted by Crippen LogP contribution is -2.14. The highest BCUT2D eigenvalue weighted by Gasteiger charge is 2.13. The quantitative estimate of drug-likeness (QED) is 0.769. The van der Waals surface area contributed by atoms with Crippen LogP contribution in [0.25, 0.3) is 0 Å². The number of hydrogen-bond donors (Lipinski definition) is 2. The summed E-state index contributed by atoms with van der Waals surface area (Å²) >= 11 is 0. The van der Waals surface area contributed by atoms with Crippen LogP contribution >= 0.6 is 0 Å². The lowest BCUT2D eigenvalue weighted by atomic mass is 10.2. The maximum Gasteiger partial charge on any atom is 0.0681 e. The van der Waals surface area contributed by atoms with Gasteiger partial charge in [0.1, 0.15) is 0 Å². The molecule has 0 bridgehead atoms. The molecule has 0 atom stereocenters. The van der Waals surface area contributed by atoms with E-state index in [0.29, 0.717) is 6.04 Å². The number of hydrogen-bond acceptors (Lipinski definition) is 2. The first-order chi connectivity index (χ1) is 6.88. The number of benzene rings is 1. The number of nitrogens with one attached hydrogen (secondary N) is 1. The Bertz CT molecular complexity index is 275. The monoisotopic (exact) mass is 191 g/mol. The molecule has 2 N–H and O–H groups in total.